The molecule has 0 bridgehead atoms. The van der Waals surface area contributed by atoms with E-state index >= 15 is 0 Å². The third kappa shape index (κ3) is 5.79. The highest BCUT2D eigenvalue weighted by atomic mass is 16.4. The largest absolute Gasteiger partial charge is 0.548 e. The summed E-state index contributed by atoms with van der Waals surface area (Å²) in [5.74, 6) is -1.70. The molecule has 1 aromatic carbocycles. The van der Waals surface area contributed by atoms with Crippen molar-refractivity contribution in [3.8, 4) is 0 Å². The lowest BCUT2D eigenvalue weighted by atomic mass is 9.94. The first-order valence-electron chi connectivity index (χ1n) is 9.46. The number of hydrogen-bond acceptors (Lipinski definition) is 4. The number of carbonyl (C=O) groups excluding carboxylic acids is 3. The molecule has 1 saturated heterocycles. The number of nitrogens with one attached hydrogen (secondary N) is 1. The van der Waals surface area contributed by atoms with Crippen molar-refractivity contribution in [1.29, 1.82) is 0 Å². The van der Waals surface area contributed by atoms with E-state index in [1.165, 1.54) is 0 Å². The third-order valence-corrected chi connectivity index (χ3v) is 5.18. The zero-order valence-corrected chi connectivity index (χ0v) is 16.0. The van der Waals surface area contributed by atoms with Gasteiger partial charge in [-0.25, -0.2) is 0 Å². The normalized spacial score (nSPS) is 17.4. The molecule has 1 heterocycles. The lowest BCUT2D eigenvalue weighted by Gasteiger charge is -2.33. The van der Waals surface area contributed by atoms with Crippen molar-refractivity contribution >= 4 is 17.8 Å². The maximum Gasteiger partial charge on any atom is 0.280 e. The number of carboxylic acid groups (broad SMARTS) is 1. The summed E-state index contributed by atoms with van der Waals surface area (Å²) in [7, 11) is 0. The Morgan fingerprint density at radius 1 is 1.19 bits per heavy atom. The number of benzene rings is 1. The first-order chi connectivity index (χ1) is 12.8. The van der Waals surface area contributed by atoms with Crippen molar-refractivity contribution in [2.45, 2.75) is 45.2 Å². The van der Waals surface area contributed by atoms with E-state index in [2.05, 4.69) is 11.1 Å². The maximum atomic E-state index is 12.5. The second kappa shape index (κ2) is 9.50. The predicted octanol–water partition coefficient (Wildman–Crippen LogP) is -1.03. The maximum absolute atomic E-state index is 12.5. The van der Waals surface area contributed by atoms with E-state index in [0.29, 0.717) is 25.9 Å². The van der Waals surface area contributed by atoms with Gasteiger partial charge in [-0.1, -0.05) is 44.2 Å². The molecule has 1 fully saturated rings. The fraction of sp³-hybridized carbons (Fsp3) is 0.550. The molecule has 2 atom stereocenters. The van der Waals surface area contributed by atoms with E-state index in [-0.39, 0.29) is 36.1 Å². The Bertz CT molecular complexity index is 654. The van der Waals surface area contributed by atoms with Gasteiger partial charge in [0.2, 0.25) is 5.91 Å². The number of carbonyl (C=O) groups is 3. The van der Waals surface area contributed by atoms with Gasteiger partial charge in [-0.15, -0.1) is 0 Å². The Morgan fingerprint density at radius 2 is 1.78 bits per heavy atom. The molecule has 7 nitrogen and oxygen atoms in total. The van der Waals surface area contributed by atoms with Crippen LogP contribution < -0.4 is 16.2 Å². The topological polar surface area (TPSA) is 117 Å². The number of carboxylic acids is 1. The van der Waals surface area contributed by atoms with Gasteiger partial charge in [0.15, 0.2) is 6.04 Å². The number of amides is 2. The minimum Gasteiger partial charge on any atom is -0.548 e. The number of likely N-dealkylation sites (tertiary alicyclic amines) is 1. The standard InChI is InChI=1S/C20H29N3O4/c1-13(2)17(21)19(25)23-10-8-15(9-11-23)18(24)22-16(20(26)27)12-14-6-4-3-5-7-14/h3-7,13,15-17H,8-12,21H2,1-2H3,(H,22,24)(H,26,27)/t16-,17-/m0/s1. The lowest BCUT2D eigenvalue weighted by molar-refractivity contribution is -0.416. The molecule has 27 heavy (non-hydrogen) atoms. The lowest BCUT2D eigenvalue weighted by Crippen LogP contribution is -2.70. The summed E-state index contributed by atoms with van der Waals surface area (Å²) in [6.45, 7) is 4.90. The van der Waals surface area contributed by atoms with Crippen LogP contribution >= 0.6 is 0 Å². The van der Waals surface area contributed by atoms with Crippen molar-refractivity contribution in [2.75, 3.05) is 13.1 Å². The molecule has 0 aliphatic carbocycles. The summed E-state index contributed by atoms with van der Waals surface area (Å²) in [5, 5.41) is 14.0. The van der Waals surface area contributed by atoms with Crippen LogP contribution in [-0.2, 0) is 20.8 Å². The average molecular weight is 375 g/mol. The van der Waals surface area contributed by atoms with E-state index in [4.69, 9.17) is 0 Å². The van der Waals surface area contributed by atoms with Crippen LogP contribution in [0, 0.1) is 11.8 Å². The van der Waals surface area contributed by atoms with E-state index in [0.717, 1.165) is 5.56 Å². The van der Waals surface area contributed by atoms with Crippen molar-refractivity contribution < 1.29 is 25.2 Å². The molecule has 2 amide bonds. The summed E-state index contributed by atoms with van der Waals surface area (Å²) in [6.07, 6.45) is 1.23. The Balaban J connectivity index is 1.88. The van der Waals surface area contributed by atoms with Gasteiger partial charge in [0, 0.05) is 24.9 Å². The molecule has 1 aliphatic heterocycles. The van der Waals surface area contributed by atoms with E-state index in [1.807, 2.05) is 44.2 Å². The summed E-state index contributed by atoms with van der Waals surface area (Å²) < 4.78 is 0. The van der Waals surface area contributed by atoms with Crippen molar-refractivity contribution in [3.63, 3.8) is 0 Å². The summed E-state index contributed by atoms with van der Waals surface area (Å²) >= 11 is 0. The highest BCUT2D eigenvalue weighted by Crippen LogP contribution is 2.19. The van der Waals surface area contributed by atoms with Gasteiger partial charge < -0.3 is 25.9 Å². The number of rotatable bonds is 7. The van der Waals surface area contributed by atoms with Crippen LogP contribution in [0.25, 0.3) is 0 Å². The fourth-order valence-corrected chi connectivity index (χ4v) is 3.21. The van der Waals surface area contributed by atoms with Crippen LogP contribution in [0.2, 0.25) is 0 Å². The quantitative estimate of drug-likeness (QED) is 0.633. The highest BCUT2D eigenvalue weighted by Gasteiger charge is 2.32. The van der Waals surface area contributed by atoms with E-state index in [9.17, 15) is 19.5 Å². The van der Waals surface area contributed by atoms with Crippen molar-refractivity contribution in [3.05, 3.63) is 35.9 Å². The van der Waals surface area contributed by atoms with Gasteiger partial charge in [-0.05, 0) is 24.8 Å². The molecule has 2 rings (SSSR count). The molecule has 7 heteroatoms. The number of hydrogen-bond donors (Lipinski definition) is 2. The first kappa shape index (κ1) is 20.9. The van der Waals surface area contributed by atoms with Crippen LogP contribution in [0.1, 0.15) is 32.3 Å². The van der Waals surface area contributed by atoms with Gasteiger partial charge in [0.05, 0.1) is 12.0 Å². The monoisotopic (exact) mass is 375 g/mol. The Morgan fingerprint density at radius 3 is 2.30 bits per heavy atom. The second-order valence-corrected chi connectivity index (χ2v) is 7.52. The van der Waals surface area contributed by atoms with Crippen molar-refractivity contribution in [2.24, 2.45) is 11.8 Å². The Labute approximate surface area is 159 Å². The summed E-state index contributed by atoms with van der Waals surface area (Å²) in [5.41, 5.74) is 4.74. The zero-order chi connectivity index (χ0) is 20.0. The molecule has 0 radical (unpaired) electrons. The van der Waals surface area contributed by atoms with Crippen LogP contribution in [0.3, 0.4) is 0 Å². The molecular weight excluding hydrogens is 346 g/mol. The van der Waals surface area contributed by atoms with Gasteiger partial charge in [-0.2, -0.15) is 0 Å². The predicted molar refractivity (Wildman–Crippen MR) is 97.9 cm³/mol. The number of nitrogens with zero attached hydrogens (tertiary/aromatic N) is 1. The smallest absolute Gasteiger partial charge is 0.280 e. The fourth-order valence-electron chi connectivity index (χ4n) is 3.21. The number of piperidine rings is 1. The molecule has 0 saturated carbocycles. The molecule has 0 spiro atoms. The summed E-state index contributed by atoms with van der Waals surface area (Å²) in [6, 6.07) is 7.77. The van der Waals surface area contributed by atoms with Crippen LogP contribution in [0.5, 0.6) is 0 Å². The molecule has 1 aromatic rings. The number of aliphatic carboxylic acids is 1. The minimum atomic E-state index is -1.29. The number of quaternary nitrogens is 1. The molecular formula is C20H29N3O4. The molecule has 4 N–H and O–H groups in total. The van der Waals surface area contributed by atoms with Gasteiger partial charge in [0.25, 0.3) is 5.91 Å². The van der Waals surface area contributed by atoms with E-state index in [1.54, 1.807) is 4.90 Å². The van der Waals surface area contributed by atoms with Crippen LogP contribution in [-0.4, -0.2) is 47.9 Å². The Kier molecular flexibility index (Phi) is 7.36. The highest BCUT2D eigenvalue weighted by molar-refractivity contribution is 5.85. The molecule has 0 unspecified atom stereocenters. The van der Waals surface area contributed by atoms with Crippen molar-refractivity contribution in [1.82, 2.24) is 10.2 Å². The van der Waals surface area contributed by atoms with Crippen LogP contribution in [0.4, 0.5) is 0 Å². The molecule has 0 aromatic heterocycles. The SMILES string of the molecule is CC(C)[C@H]([NH3+])C(=O)N1CCC(C(=O)N[C@@H](Cc2ccccc2)C(=O)[O-])CC1. The molecule has 1 aliphatic rings. The van der Waals surface area contributed by atoms with Crippen LogP contribution in [0.15, 0.2) is 30.3 Å². The third-order valence-electron chi connectivity index (χ3n) is 5.18. The minimum absolute atomic E-state index is 0.0144. The Hall–Kier alpha value is -2.41. The second-order valence-electron chi connectivity index (χ2n) is 7.52. The zero-order valence-electron chi connectivity index (χ0n) is 16.0. The average Bonchev–Trinajstić information content (AvgIpc) is 2.67. The van der Waals surface area contributed by atoms with Gasteiger partial charge in [0.1, 0.15) is 0 Å². The van der Waals surface area contributed by atoms with E-state index < -0.39 is 12.0 Å². The summed E-state index contributed by atoms with van der Waals surface area (Å²) in [4.78, 5) is 38.0. The van der Waals surface area contributed by atoms with Gasteiger partial charge in [-0.3, -0.25) is 9.59 Å². The first-order valence-corrected chi connectivity index (χ1v) is 9.46. The van der Waals surface area contributed by atoms with Gasteiger partial charge >= 0.3 is 0 Å². The molecule has 148 valence electrons.